The number of rotatable bonds is 11. The van der Waals surface area contributed by atoms with Crippen LogP contribution in [0.5, 0.6) is 5.75 Å². The fourth-order valence-electron chi connectivity index (χ4n) is 4.21. The zero-order valence-corrected chi connectivity index (χ0v) is 20.1. The summed E-state index contributed by atoms with van der Waals surface area (Å²) in [6, 6.07) is 15.2. The van der Waals surface area contributed by atoms with E-state index in [0.717, 1.165) is 17.5 Å². The average molecular weight is 481 g/mol. The molecular formula is C27H32N2O6. The molecule has 186 valence electrons. The first-order valence-electron chi connectivity index (χ1n) is 12.0. The summed E-state index contributed by atoms with van der Waals surface area (Å²) in [4.78, 5) is 39.5. The Morgan fingerprint density at radius 3 is 2.26 bits per heavy atom. The van der Waals surface area contributed by atoms with Crippen LogP contribution in [0.25, 0.3) is 0 Å². The van der Waals surface area contributed by atoms with Gasteiger partial charge in [0.1, 0.15) is 23.5 Å². The van der Waals surface area contributed by atoms with Crippen LogP contribution >= 0.6 is 0 Å². The minimum Gasteiger partial charge on any atom is -0.497 e. The molecule has 8 heteroatoms. The molecule has 8 nitrogen and oxygen atoms in total. The normalized spacial score (nSPS) is 22.6. The molecule has 0 bridgehead atoms. The third kappa shape index (κ3) is 6.46. The second kappa shape index (κ2) is 11.0. The third-order valence-corrected chi connectivity index (χ3v) is 6.47. The minimum absolute atomic E-state index is 0.177. The maximum absolute atomic E-state index is 13.5. The molecule has 2 aliphatic heterocycles. The molecule has 2 amide bonds. The number of carbonyl (C=O) groups excluding carboxylic acids is 3. The number of epoxide rings is 1. The molecule has 2 aromatic rings. The summed E-state index contributed by atoms with van der Waals surface area (Å²) in [5, 5.41) is 5.75. The van der Waals surface area contributed by atoms with Gasteiger partial charge in [-0.15, -0.1) is 0 Å². The summed E-state index contributed by atoms with van der Waals surface area (Å²) in [7, 11) is 1.58. The molecule has 2 N–H and O–H groups in total. The van der Waals surface area contributed by atoms with Crippen LogP contribution in [-0.2, 0) is 36.7 Å². The molecule has 4 atom stereocenters. The van der Waals surface area contributed by atoms with E-state index in [0.29, 0.717) is 31.8 Å². The fourth-order valence-corrected chi connectivity index (χ4v) is 4.21. The molecule has 0 aromatic heterocycles. The molecule has 0 aliphatic carbocycles. The third-order valence-electron chi connectivity index (χ3n) is 6.47. The minimum atomic E-state index is -0.890. The van der Waals surface area contributed by atoms with Crippen LogP contribution < -0.4 is 15.4 Å². The van der Waals surface area contributed by atoms with Crippen molar-refractivity contribution in [3.63, 3.8) is 0 Å². The molecule has 2 saturated heterocycles. The van der Waals surface area contributed by atoms with Crippen molar-refractivity contribution in [3.05, 3.63) is 65.7 Å². The van der Waals surface area contributed by atoms with Crippen LogP contribution in [0.4, 0.5) is 0 Å². The summed E-state index contributed by atoms with van der Waals surface area (Å²) >= 11 is 0. The smallest absolute Gasteiger partial charge is 0.249 e. The quantitative estimate of drug-likeness (QED) is 0.477. The predicted octanol–water partition coefficient (Wildman–Crippen LogP) is 1.99. The van der Waals surface area contributed by atoms with Crippen LogP contribution in [0.1, 0.15) is 30.9 Å². The standard InChI is InChI=1S/C27H32N2O6/c1-27(17-35-27)24(30)21(15-18-7-4-3-5-8-18)28-25(31)22(29-26(32)23-9-6-14-34-23)16-19-10-12-20(33-2)13-11-19/h3-5,7-8,10-13,21-23H,6,9,14-17H2,1-2H3,(H,28,31)(H,29,32)/t21-,22?,23+,27+/m1/s1. The van der Waals surface area contributed by atoms with Gasteiger partial charge < -0.3 is 24.8 Å². The van der Waals surface area contributed by atoms with E-state index in [-0.39, 0.29) is 18.1 Å². The summed E-state index contributed by atoms with van der Waals surface area (Å²) in [6.45, 7) is 2.59. The molecule has 0 saturated carbocycles. The molecule has 1 unspecified atom stereocenters. The Kier molecular flexibility index (Phi) is 7.83. The molecule has 2 aromatic carbocycles. The molecule has 4 rings (SSSR count). The Balaban J connectivity index is 1.52. The van der Waals surface area contributed by atoms with Gasteiger partial charge in [0, 0.05) is 13.0 Å². The van der Waals surface area contributed by atoms with Gasteiger partial charge in [-0.3, -0.25) is 14.4 Å². The molecule has 0 spiro atoms. The first-order chi connectivity index (χ1) is 16.9. The van der Waals surface area contributed by atoms with Crippen LogP contribution in [0.15, 0.2) is 54.6 Å². The number of carbonyl (C=O) groups is 3. The highest BCUT2D eigenvalue weighted by atomic mass is 16.6. The fraction of sp³-hybridized carbons (Fsp3) is 0.444. The molecule has 35 heavy (non-hydrogen) atoms. The summed E-state index contributed by atoms with van der Waals surface area (Å²) in [5.41, 5.74) is 0.881. The van der Waals surface area contributed by atoms with Crippen LogP contribution in [0, 0.1) is 0 Å². The lowest BCUT2D eigenvalue weighted by Gasteiger charge is -2.25. The van der Waals surface area contributed by atoms with E-state index in [2.05, 4.69) is 10.6 Å². The second-order valence-electron chi connectivity index (χ2n) is 9.25. The van der Waals surface area contributed by atoms with E-state index < -0.39 is 29.7 Å². The highest BCUT2D eigenvalue weighted by Gasteiger charge is 2.50. The van der Waals surface area contributed by atoms with Crippen molar-refractivity contribution in [1.29, 1.82) is 0 Å². The topological polar surface area (TPSA) is 106 Å². The molecule has 2 aliphatic rings. The van der Waals surface area contributed by atoms with Crippen molar-refractivity contribution in [1.82, 2.24) is 10.6 Å². The predicted molar refractivity (Wildman–Crippen MR) is 129 cm³/mol. The van der Waals surface area contributed by atoms with Crippen LogP contribution in [0.2, 0.25) is 0 Å². The van der Waals surface area contributed by atoms with Crippen LogP contribution in [0.3, 0.4) is 0 Å². The highest BCUT2D eigenvalue weighted by Crippen LogP contribution is 2.29. The number of ketones is 1. The Morgan fingerprint density at radius 2 is 1.66 bits per heavy atom. The number of amides is 2. The van der Waals surface area contributed by atoms with Gasteiger partial charge in [-0.1, -0.05) is 42.5 Å². The van der Waals surface area contributed by atoms with Crippen molar-refractivity contribution in [2.45, 2.75) is 56.4 Å². The van der Waals surface area contributed by atoms with Gasteiger partial charge in [-0.2, -0.15) is 0 Å². The maximum Gasteiger partial charge on any atom is 0.249 e. The van der Waals surface area contributed by atoms with Crippen molar-refractivity contribution in [2.24, 2.45) is 0 Å². The summed E-state index contributed by atoms with van der Waals surface area (Å²) in [6.07, 6.45) is 1.45. The maximum atomic E-state index is 13.5. The van der Waals surface area contributed by atoms with Crippen molar-refractivity contribution in [3.8, 4) is 5.75 Å². The van der Waals surface area contributed by atoms with Crippen molar-refractivity contribution < 1.29 is 28.6 Å². The Morgan fingerprint density at radius 1 is 1.00 bits per heavy atom. The number of hydrogen-bond acceptors (Lipinski definition) is 6. The Bertz CT molecular complexity index is 1030. The summed E-state index contributed by atoms with van der Waals surface area (Å²) < 4.78 is 16.1. The first kappa shape index (κ1) is 24.9. The average Bonchev–Trinajstić information content (AvgIpc) is 3.39. The zero-order valence-electron chi connectivity index (χ0n) is 20.1. The second-order valence-corrected chi connectivity index (χ2v) is 9.25. The highest BCUT2D eigenvalue weighted by molar-refractivity contribution is 5.98. The van der Waals surface area contributed by atoms with E-state index in [9.17, 15) is 14.4 Å². The number of ether oxygens (including phenoxy) is 3. The van der Waals surface area contributed by atoms with Gasteiger partial charge in [0.05, 0.1) is 19.8 Å². The largest absolute Gasteiger partial charge is 0.497 e. The van der Waals surface area contributed by atoms with E-state index >= 15 is 0 Å². The van der Waals surface area contributed by atoms with E-state index in [1.54, 1.807) is 26.2 Å². The lowest BCUT2D eigenvalue weighted by Crippen LogP contribution is -2.56. The van der Waals surface area contributed by atoms with E-state index in [4.69, 9.17) is 14.2 Å². The zero-order chi connectivity index (χ0) is 24.8. The Hall–Kier alpha value is -3.23. The molecule has 2 fully saturated rings. The number of benzene rings is 2. The van der Waals surface area contributed by atoms with Crippen LogP contribution in [-0.4, -0.2) is 61.7 Å². The first-order valence-corrected chi connectivity index (χ1v) is 12.0. The molecule has 2 heterocycles. The van der Waals surface area contributed by atoms with Gasteiger partial charge in [0.2, 0.25) is 11.8 Å². The van der Waals surface area contributed by atoms with Gasteiger partial charge in [-0.25, -0.2) is 0 Å². The molecular weight excluding hydrogens is 448 g/mol. The SMILES string of the molecule is COc1ccc(CC(NC(=O)[C@@H]2CCCO2)C(=O)N[C@H](Cc2ccccc2)C(=O)[C@]2(C)CO2)cc1. The molecule has 0 radical (unpaired) electrons. The number of hydrogen-bond donors (Lipinski definition) is 2. The number of nitrogens with one attached hydrogen (secondary N) is 2. The van der Waals surface area contributed by atoms with Gasteiger partial charge in [0.25, 0.3) is 0 Å². The lowest BCUT2D eigenvalue weighted by atomic mass is 9.94. The van der Waals surface area contributed by atoms with E-state index in [1.165, 1.54) is 0 Å². The van der Waals surface area contributed by atoms with Gasteiger partial charge in [-0.05, 0) is 49.4 Å². The van der Waals surface area contributed by atoms with Gasteiger partial charge >= 0.3 is 0 Å². The monoisotopic (exact) mass is 480 g/mol. The number of methoxy groups -OCH3 is 1. The number of Topliss-reactive ketones (excluding diaryl/α,β-unsaturated/α-hetero) is 1. The van der Waals surface area contributed by atoms with E-state index in [1.807, 2.05) is 42.5 Å². The van der Waals surface area contributed by atoms with Gasteiger partial charge in [0.15, 0.2) is 5.78 Å². The van der Waals surface area contributed by atoms with Crippen molar-refractivity contribution in [2.75, 3.05) is 20.3 Å². The van der Waals surface area contributed by atoms with Crippen molar-refractivity contribution >= 4 is 17.6 Å². The summed E-state index contributed by atoms with van der Waals surface area (Å²) in [5.74, 6) is -0.224. The lowest BCUT2D eigenvalue weighted by molar-refractivity contribution is -0.135. The Labute approximate surface area is 205 Å².